The van der Waals surface area contributed by atoms with Crippen LogP contribution in [0.1, 0.15) is 32.6 Å². The maximum Gasteiger partial charge on any atom is 0.178 e. The first kappa shape index (κ1) is 15.6. The van der Waals surface area contributed by atoms with Crippen LogP contribution in [0.15, 0.2) is 29.2 Å². The minimum atomic E-state index is -3.12. The van der Waals surface area contributed by atoms with E-state index in [9.17, 15) is 8.42 Å². The Morgan fingerprint density at radius 1 is 1.25 bits per heavy atom. The van der Waals surface area contributed by atoms with Crippen LogP contribution >= 0.6 is 11.6 Å². The number of benzene rings is 1. The van der Waals surface area contributed by atoms with Gasteiger partial charge in [0.15, 0.2) is 9.84 Å². The molecule has 5 heteroatoms. The van der Waals surface area contributed by atoms with Gasteiger partial charge in [0.1, 0.15) is 0 Å². The van der Waals surface area contributed by atoms with Gasteiger partial charge in [-0.05, 0) is 49.9 Å². The van der Waals surface area contributed by atoms with Gasteiger partial charge < -0.3 is 4.90 Å². The van der Waals surface area contributed by atoms with Crippen molar-refractivity contribution in [2.45, 2.75) is 43.5 Å². The van der Waals surface area contributed by atoms with E-state index < -0.39 is 9.84 Å². The van der Waals surface area contributed by atoms with Crippen LogP contribution in [0.2, 0.25) is 0 Å². The second kappa shape index (κ2) is 6.81. The molecule has 0 saturated carbocycles. The lowest BCUT2D eigenvalue weighted by Gasteiger charge is -2.36. The molecule has 0 N–H and O–H groups in total. The van der Waals surface area contributed by atoms with Crippen molar-refractivity contribution in [2.75, 3.05) is 23.1 Å². The fourth-order valence-electron chi connectivity index (χ4n) is 2.73. The second-order valence-electron chi connectivity index (χ2n) is 5.31. The molecular formula is C15H22ClNO2S. The maximum absolute atomic E-state index is 12.0. The van der Waals surface area contributed by atoms with Gasteiger partial charge in [0.05, 0.1) is 10.6 Å². The van der Waals surface area contributed by atoms with Crippen molar-refractivity contribution in [1.82, 2.24) is 0 Å². The number of halogens is 1. The number of hydrogen-bond acceptors (Lipinski definition) is 3. The molecule has 112 valence electrons. The average Bonchev–Trinajstić information content (AvgIpc) is 2.47. The molecule has 1 saturated heterocycles. The molecule has 0 radical (unpaired) electrons. The Kier molecular flexibility index (Phi) is 5.33. The molecule has 0 amide bonds. The standard InChI is InChI=1S/C15H22ClNO2S/c1-2-11-20(18,19)15-8-6-13(7-9-15)17-10-4-3-5-14(17)12-16/h6-9,14H,2-5,10-12H2,1H3. The third kappa shape index (κ3) is 3.47. The normalized spacial score (nSPS) is 20.1. The highest BCUT2D eigenvalue weighted by atomic mass is 35.5. The zero-order valence-corrected chi connectivity index (χ0v) is 13.5. The van der Waals surface area contributed by atoms with E-state index >= 15 is 0 Å². The van der Waals surface area contributed by atoms with E-state index in [-0.39, 0.29) is 5.75 Å². The number of rotatable bonds is 5. The Labute approximate surface area is 126 Å². The maximum atomic E-state index is 12.0. The molecule has 1 aromatic rings. The number of hydrogen-bond donors (Lipinski definition) is 0. The fraction of sp³-hybridized carbons (Fsp3) is 0.600. The smallest absolute Gasteiger partial charge is 0.178 e. The topological polar surface area (TPSA) is 37.4 Å². The first-order valence-corrected chi connectivity index (χ1v) is 9.42. The molecule has 1 heterocycles. The van der Waals surface area contributed by atoms with Gasteiger partial charge in [0.25, 0.3) is 0 Å². The van der Waals surface area contributed by atoms with E-state index in [2.05, 4.69) is 4.90 Å². The van der Waals surface area contributed by atoms with E-state index in [1.165, 1.54) is 12.8 Å². The number of nitrogens with zero attached hydrogens (tertiary/aromatic N) is 1. The highest BCUT2D eigenvalue weighted by Gasteiger charge is 2.22. The van der Waals surface area contributed by atoms with Crippen LogP contribution in [0.5, 0.6) is 0 Å². The lowest BCUT2D eigenvalue weighted by atomic mass is 10.0. The van der Waals surface area contributed by atoms with Crippen molar-refractivity contribution in [3.63, 3.8) is 0 Å². The lowest BCUT2D eigenvalue weighted by Crippen LogP contribution is -2.40. The Morgan fingerprint density at radius 2 is 1.95 bits per heavy atom. The van der Waals surface area contributed by atoms with Crippen molar-refractivity contribution in [3.8, 4) is 0 Å². The summed E-state index contributed by atoms with van der Waals surface area (Å²) in [5.74, 6) is 0.830. The second-order valence-corrected chi connectivity index (χ2v) is 7.73. The number of anilines is 1. The SMILES string of the molecule is CCCS(=O)(=O)c1ccc(N2CCCCC2CCl)cc1. The van der Waals surface area contributed by atoms with Crippen LogP contribution in [0.3, 0.4) is 0 Å². The number of sulfone groups is 1. The summed E-state index contributed by atoms with van der Waals surface area (Å²) in [4.78, 5) is 2.72. The molecule has 0 bridgehead atoms. The van der Waals surface area contributed by atoms with Gasteiger partial charge in [0, 0.05) is 24.2 Å². The summed E-state index contributed by atoms with van der Waals surface area (Å²) in [5.41, 5.74) is 1.07. The van der Waals surface area contributed by atoms with Crippen molar-refractivity contribution < 1.29 is 8.42 Å². The molecule has 1 fully saturated rings. The van der Waals surface area contributed by atoms with Crippen LogP contribution in [0.4, 0.5) is 5.69 Å². The number of alkyl halides is 1. The van der Waals surface area contributed by atoms with E-state index in [0.717, 1.165) is 18.7 Å². The molecule has 1 aliphatic rings. The summed E-state index contributed by atoms with van der Waals surface area (Å²) < 4.78 is 24.0. The summed E-state index contributed by atoms with van der Waals surface area (Å²) in [6, 6.07) is 7.63. The van der Waals surface area contributed by atoms with Crippen LogP contribution in [-0.4, -0.2) is 32.6 Å². The van der Waals surface area contributed by atoms with E-state index in [4.69, 9.17) is 11.6 Å². The van der Waals surface area contributed by atoms with Crippen molar-refractivity contribution >= 4 is 27.1 Å². The third-order valence-electron chi connectivity index (χ3n) is 3.81. The van der Waals surface area contributed by atoms with E-state index in [1.807, 2.05) is 19.1 Å². The van der Waals surface area contributed by atoms with Gasteiger partial charge >= 0.3 is 0 Å². The van der Waals surface area contributed by atoms with Gasteiger partial charge in [-0.25, -0.2) is 8.42 Å². The molecule has 1 atom stereocenters. The monoisotopic (exact) mass is 315 g/mol. The minimum absolute atomic E-state index is 0.209. The minimum Gasteiger partial charge on any atom is -0.367 e. The zero-order chi connectivity index (χ0) is 14.6. The van der Waals surface area contributed by atoms with Crippen LogP contribution in [0, 0.1) is 0 Å². The molecule has 0 aromatic heterocycles. The summed E-state index contributed by atoms with van der Waals surface area (Å²) in [6.45, 7) is 2.88. The van der Waals surface area contributed by atoms with Crippen LogP contribution in [0.25, 0.3) is 0 Å². The Balaban J connectivity index is 2.19. The Hall–Kier alpha value is -0.740. The fourth-order valence-corrected chi connectivity index (χ4v) is 4.38. The van der Waals surface area contributed by atoms with Gasteiger partial charge in [-0.3, -0.25) is 0 Å². The first-order chi connectivity index (χ1) is 9.58. The predicted octanol–water partition coefficient (Wildman–Crippen LogP) is 3.47. The average molecular weight is 316 g/mol. The van der Waals surface area contributed by atoms with Crippen molar-refractivity contribution in [3.05, 3.63) is 24.3 Å². The Morgan fingerprint density at radius 3 is 2.55 bits per heavy atom. The van der Waals surface area contributed by atoms with Crippen LogP contribution in [-0.2, 0) is 9.84 Å². The van der Waals surface area contributed by atoms with Gasteiger partial charge in [-0.1, -0.05) is 6.92 Å². The molecule has 3 nitrogen and oxygen atoms in total. The Bertz CT molecular complexity index is 527. The summed E-state index contributed by atoms with van der Waals surface area (Å²) >= 11 is 6.03. The molecule has 1 aromatic carbocycles. The molecule has 0 spiro atoms. The predicted molar refractivity (Wildman–Crippen MR) is 84.5 cm³/mol. The van der Waals surface area contributed by atoms with Crippen LogP contribution < -0.4 is 4.90 Å². The molecular weight excluding hydrogens is 294 g/mol. The highest BCUT2D eigenvalue weighted by Crippen LogP contribution is 2.26. The van der Waals surface area contributed by atoms with Crippen molar-refractivity contribution in [2.24, 2.45) is 0 Å². The van der Waals surface area contributed by atoms with E-state index in [0.29, 0.717) is 23.2 Å². The summed E-state index contributed by atoms with van der Waals surface area (Å²) in [5, 5.41) is 0. The lowest BCUT2D eigenvalue weighted by molar-refractivity contribution is 0.488. The molecule has 20 heavy (non-hydrogen) atoms. The quantitative estimate of drug-likeness (QED) is 0.781. The highest BCUT2D eigenvalue weighted by molar-refractivity contribution is 7.91. The molecule has 2 rings (SSSR count). The van der Waals surface area contributed by atoms with Crippen molar-refractivity contribution in [1.29, 1.82) is 0 Å². The summed E-state index contributed by atoms with van der Waals surface area (Å²) in [6.07, 6.45) is 4.14. The molecule has 1 unspecified atom stereocenters. The zero-order valence-electron chi connectivity index (χ0n) is 11.9. The molecule has 0 aliphatic carbocycles. The molecule has 1 aliphatic heterocycles. The van der Waals surface area contributed by atoms with Gasteiger partial charge in [0.2, 0.25) is 0 Å². The van der Waals surface area contributed by atoms with E-state index in [1.54, 1.807) is 12.1 Å². The summed E-state index contributed by atoms with van der Waals surface area (Å²) in [7, 11) is -3.12. The largest absolute Gasteiger partial charge is 0.367 e. The first-order valence-electron chi connectivity index (χ1n) is 7.24. The third-order valence-corrected chi connectivity index (χ3v) is 6.10. The van der Waals surface area contributed by atoms with Gasteiger partial charge in [-0.15, -0.1) is 11.6 Å². The van der Waals surface area contributed by atoms with Gasteiger partial charge in [-0.2, -0.15) is 0 Å². The number of piperidine rings is 1.